The number of rotatable bonds is 5. The number of aromatic nitrogens is 1. The van der Waals surface area contributed by atoms with E-state index in [1.165, 1.54) is 11.8 Å². The van der Waals surface area contributed by atoms with Gasteiger partial charge in [0.15, 0.2) is 0 Å². The molecule has 158 valence electrons. The number of piperidine rings is 1. The normalized spacial score (nSPS) is 15.4. The Labute approximate surface area is 183 Å². The van der Waals surface area contributed by atoms with Crippen LogP contribution in [0.2, 0.25) is 0 Å². The van der Waals surface area contributed by atoms with Gasteiger partial charge in [-0.3, -0.25) is 0 Å². The highest BCUT2D eigenvalue weighted by Gasteiger charge is 2.29. The Balaban J connectivity index is 1.40. The van der Waals surface area contributed by atoms with Crippen LogP contribution in [0, 0.1) is 18.3 Å². The second-order valence-corrected chi connectivity index (χ2v) is 9.70. The standard InChI is InChI=1S/C24H24N4O2S/c1-18-3-2-4-21(15-18)20-6-8-23(9-7-20)31(29,30)28-13-11-22(12-14-28)27-24-10-5-19(16-25)17-26-24/h2-10,15,17,22H,11-14H2,1H3,(H,26,27). The molecule has 1 aromatic heterocycles. The van der Waals surface area contributed by atoms with Crippen LogP contribution in [0.15, 0.2) is 71.8 Å². The number of sulfonamides is 1. The van der Waals surface area contributed by atoms with Gasteiger partial charge in [0.2, 0.25) is 10.0 Å². The van der Waals surface area contributed by atoms with E-state index in [-0.39, 0.29) is 6.04 Å². The number of nitrogens with zero attached hydrogens (tertiary/aromatic N) is 3. The van der Waals surface area contributed by atoms with Gasteiger partial charge in [-0.15, -0.1) is 0 Å². The number of anilines is 1. The summed E-state index contributed by atoms with van der Waals surface area (Å²) in [5.74, 6) is 0.701. The summed E-state index contributed by atoms with van der Waals surface area (Å²) in [5.41, 5.74) is 3.76. The van der Waals surface area contributed by atoms with E-state index in [2.05, 4.69) is 16.4 Å². The van der Waals surface area contributed by atoms with E-state index in [0.717, 1.165) is 11.1 Å². The van der Waals surface area contributed by atoms with Gasteiger partial charge >= 0.3 is 0 Å². The van der Waals surface area contributed by atoms with E-state index < -0.39 is 10.0 Å². The highest BCUT2D eigenvalue weighted by atomic mass is 32.2. The van der Waals surface area contributed by atoms with Crippen molar-refractivity contribution in [3.63, 3.8) is 0 Å². The fourth-order valence-corrected chi connectivity index (χ4v) is 5.26. The molecule has 31 heavy (non-hydrogen) atoms. The van der Waals surface area contributed by atoms with Gasteiger partial charge in [-0.2, -0.15) is 9.57 Å². The number of pyridine rings is 1. The first-order valence-corrected chi connectivity index (χ1v) is 11.7. The van der Waals surface area contributed by atoms with Gasteiger partial charge in [0.25, 0.3) is 0 Å². The third-order valence-corrected chi connectivity index (χ3v) is 7.45. The number of aryl methyl sites for hydroxylation is 1. The van der Waals surface area contributed by atoms with E-state index in [1.54, 1.807) is 28.6 Å². The summed E-state index contributed by atoms with van der Waals surface area (Å²) in [5, 5.41) is 12.2. The van der Waals surface area contributed by atoms with E-state index >= 15 is 0 Å². The molecule has 6 nitrogen and oxygen atoms in total. The van der Waals surface area contributed by atoms with Crippen molar-refractivity contribution in [3.05, 3.63) is 78.0 Å². The largest absolute Gasteiger partial charge is 0.367 e. The van der Waals surface area contributed by atoms with E-state index in [1.807, 2.05) is 43.3 Å². The maximum absolute atomic E-state index is 13.1. The van der Waals surface area contributed by atoms with E-state index in [0.29, 0.717) is 42.2 Å². The molecule has 0 amide bonds. The van der Waals surface area contributed by atoms with Crippen molar-refractivity contribution in [1.82, 2.24) is 9.29 Å². The zero-order valence-electron chi connectivity index (χ0n) is 17.3. The smallest absolute Gasteiger partial charge is 0.243 e. The summed E-state index contributed by atoms with van der Waals surface area (Å²) < 4.78 is 27.7. The molecule has 2 heterocycles. The van der Waals surface area contributed by atoms with E-state index in [4.69, 9.17) is 5.26 Å². The van der Waals surface area contributed by atoms with Gasteiger partial charge in [-0.25, -0.2) is 13.4 Å². The van der Waals surface area contributed by atoms with Crippen LogP contribution in [0.4, 0.5) is 5.82 Å². The molecule has 0 radical (unpaired) electrons. The minimum absolute atomic E-state index is 0.149. The molecule has 1 aliphatic heterocycles. The SMILES string of the molecule is Cc1cccc(-c2ccc(S(=O)(=O)N3CCC(Nc4ccc(C#N)cn4)CC3)cc2)c1. The molecule has 0 saturated carbocycles. The summed E-state index contributed by atoms with van der Waals surface area (Å²) in [6.45, 7) is 2.95. The van der Waals surface area contributed by atoms with Crippen LogP contribution < -0.4 is 5.32 Å². The monoisotopic (exact) mass is 432 g/mol. The van der Waals surface area contributed by atoms with Gasteiger partial charge in [0, 0.05) is 25.3 Å². The first-order chi connectivity index (χ1) is 15.0. The van der Waals surface area contributed by atoms with Crippen LogP contribution in [0.5, 0.6) is 0 Å². The lowest BCUT2D eigenvalue weighted by Gasteiger charge is -2.31. The predicted octanol–water partition coefficient (Wildman–Crippen LogP) is 4.19. The lowest BCUT2D eigenvalue weighted by atomic mass is 10.0. The summed E-state index contributed by atoms with van der Waals surface area (Å²) in [6.07, 6.45) is 2.92. The topological polar surface area (TPSA) is 86.1 Å². The van der Waals surface area contributed by atoms with Crippen molar-refractivity contribution >= 4 is 15.8 Å². The van der Waals surface area contributed by atoms with Gasteiger partial charge < -0.3 is 5.32 Å². The minimum atomic E-state index is -3.52. The lowest BCUT2D eigenvalue weighted by molar-refractivity contribution is 0.329. The Bertz CT molecular complexity index is 1190. The number of hydrogen-bond acceptors (Lipinski definition) is 5. The third-order valence-electron chi connectivity index (χ3n) is 5.54. The number of hydrogen-bond donors (Lipinski definition) is 1. The molecular weight excluding hydrogens is 408 g/mol. The van der Waals surface area contributed by atoms with Crippen LogP contribution in [-0.2, 0) is 10.0 Å². The van der Waals surface area contributed by atoms with Gasteiger partial charge in [-0.1, -0.05) is 42.0 Å². The number of nitrogens with one attached hydrogen (secondary N) is 1. The lowest BCUT2D eigenvalue weighted by Crippen LogP contribution is -2.42. The van der Waals surface area contributed by atoms with E-state index in [9.17, 15) is 8.42 Å². The Morgan fingerprint density at radius 2 is 1.77 bits per heavy atom. The molecule has 0 aliphatic carbocycles. The van der Waals surface area contributed by atoms with Gasteiger partial charge in [0.05, 0.1) is 10.5 Å². The number of nitriles is 1. The maximum atomic E-state index is 13.1. The number of benzene rings is 2. The summed E-state index contributed by atoms with van der Waals surface area (Å²) in [7, 11) is -3.52. The van der Waals surface area contributed by atoms with Gasteiger partial charge in [0.1, 0.15) is 11.9 Å². The molecule has 4 rings (SSSR count). The summed E-state index contributed by atoms with van der Waals surface area (Å²) >= 11 is 0. The fraction of sp³-hybridized carbons (Fsp3) is 0.250. The third kappa shape index (κ3) is 4.76. The molecule has 1 saturated heterocycles. The second-order valence-electron chi connectivity index (χ2n) is 7.76. The molecule has 1 N–H and O–H groups in total. The molecule has 0 bridgehead atoms. The highest BCUT2D eigenvalue weighted by molar-refractivity contribution is 7.89. The van der Waals surface area contributed by atoms with Crippen molar-refractivity contribution in [2.75, 3.05) is 18.4 Å². The molecule has 0 spiro atoms. The van der Waals surface area contributed by atoms with Gasteiger partial charge in [-0.05, 0) is 55.2 Å². The predicted molar refractivity (Wildman–Crippen MR) is 121 cm³/mol. The van der Waals surface area contributed by atoms with Crippen molar-refractivity contribution in [1.29, 1.82) is 5.26 Å². The maximum Gasteiger partial charge on any atom is 0.243 e. The second kappa shape index (κ2) is 8.88. The Morgan fingerprint density at radius 3 is 2.39 bits per heavy atom. The molecule has 7 heteroatoms. The van der Waals surface area contributed by atoms with Crippen LogP contribution in [0.1, 0.15) is 24.0 Å². The molecule has 2 aromatic carbocycles. The van der Waals surface area contributed by atoms with Crippen LogP contribution in [0.25, 0.3) is 11.1 Å². The fourth-order valence-electron chi connectivity index (χ4n) is 3.79. The van der Waals surface area contributed by atoms with Crippen LogP contribution in [-0.4, -0.2) is 36.8 Å². The molecular formula is C24H24N4O2S. The molecule has 3 aromatic rings. The molecule has 0 unspecified atom stereocenters. The minimum Gasteiger partial charge on any atom is -0.367 e. The van der Waals surface area contributed by atoms with Crippen LogP contribution >= 0.6 is 0 Å². The summed E-state index contributed by atoms with van der Waals surface area (Å²) in [4.78, 5) is 4.56. The Morgan fingerprint density at radius 1 is 1.03 bits per heavy atom. The van der Waals surface area contributed by atoms with Crippen LogP contribution in [0.3, 0.4) is 0 Å². The Kier molecular flexibility index (Phi) is 6.03. The van der Waals surface area contributed by atoms with Crippen molar-refractivity contribution < 1.29 is 8.42 Å². The average molecular weight is 433 g/mol. The zero-order valence-corrected chi connectivity index (χ0v) is 18.1. The van der Waals surface area contributed by atoms with Crippen molar-refractivity contribution in [3.8, 4) is 17.2 Å². The quantitative estimate of drug-likeness (QED) is 0.653. The average Bonchev–Trinajstić information content (AvgIpc) is 2.80. The molecule has 1 aliphatic rings. The first-order valence-electron chi connectivity index (χ1n) is 10.3. The summed E-state index contributed by atoms with van der Waals surface area (Å²) in [6, 6.07) is 21.0. The zero-order chi connectivity index (χ0) is 21.8. The molecule has 0 atom stereocenters. The molecule has 1 fully saturated rings. The van der Waals surface area contributed by atoms with Crippen molar-refractivity contribution in [2.45, 2.75) is 30.7 Å². The van der Waals surface area contributed by atoms with Crippen molar-refractivity contribution in [2.24, 2.45) is 0 Å². The first kappa shape index (κ1) is 21.0. The Hall–Kier alpha value is -3.21. The highest BCUT2D eigenvalue weighted by Crippen LogP contribution is 2.26.